The lowest BCUT2D eigenvalue weighted by Gasteiger charge is -2.35. The largest absolute Gasteiger partial charge is 0.480 e. The minimum absolute atomic E-state index is 0.0266. The number of alkyl carbamates (subject to hydrolysis) is 1. The highest BCUT2D eigenvalue weighted by Gasteiger charge is 2.34. The molecule has 0 bridgehead atoms. The SMILES string of the molecule is CC(C)(C)OC(=O)NC1CCN(C(C(=O)O)c2cc3ccccc3o2)CC1. The lowest BCUT2D eigenvalue weighted by molar-refractivity contribution is -0.144. The van der Waals surface area contributed by atoms with Gasteiger partial charge in [-0.2, -0.15) is 0 Å². The van der Waals surface area contributed by atoms with Crippen molar-refractivity contribution in [3.63, 3.8) is 0 Å². The summed E-state index contributed by atoms with van der Waals surface area (Å²) < 4.78 is 11.1. The number of fused-ring (bicyclic) bond motifs is 1. The van der Waals surface area contributed by atoms with Gasteiger partial charge in [-0.25, -0.2) is 4.79 Å². The number of rotatable bonds is 4. The topological polar surface area (TPSA) is 92.0 Å². The van der Waals surface area contributed by atoms with Gasteiger partial charge in [-0.1, -0.05) is 18.2 Å². The minimum atomic E-state index is -0.937. The molecule has 1 aromatic carbocycles. The molecule has 1 aliphatic heterocycles. The molecule has 2 N–H and O–H groups in total. The molecule has 1 aromatic heterocycles. The van der Waals surface area contributed by atoms with Crippen LogP contribution < -0.4 is 5.32 Å². The van der Waals surface area contributed by atoms with Crippen LogP contribution in [0, 0.1) is 0 Å². The maximum Gasteiger partial charge on any atom is 0.407 e. The Bertz CT molecular complexity index is 782. The third-order valence-electron chi connectivity index (χ3n) is 4.56. The number of benzene rings is 1. The fraction of sp³-hybridized carbons (Fsp3) is 0.500. The molecular formula is C20H26N2O5. The molecule has 7 nitrogen and oxygen atoms in total. The number of likely N-dealkylation sites (tertiary alicyclic amines) is 1. The lowest BCUT2D eigenvalue weighted by atomic mass is 10.0. The van der Waals surface area contributed by atoms with Gasteiger partial charge >= 0.3 is 12.1 Å². The first-order valence-corrected chi connectivity index (χ1v) is 9.18. The van der Waals surface area contributed by atoms with Gasteiger partial charge < -0.3 is 19.6 Å². The molecule has 1 amide bonds. The quantitative estimate of drug-likeness (QED) is 0.850. The van der Waals surface area contributed by atoms with Gasteiger partial charge in [-0.15, -0.1) is 0 Å². The van der Waals surface area contributed by atoms with E-state index in [0.29, 0.717) is 37.3 Å². The summed E-state index contributed by atoms with van der Waals surface area (Å²) in [4.78, 5) is 25.7. The van der Waals surface area contributed by atoms with Crippen LogP contribution in [0.4, 0.5) is 4.79 Å². The Balaban J connectivity index is 1.64. The zero-order chi connectivity index (χ0) is 19.6. The maximum atomic E-state index is 11.9. The second-order valence-corrected chi connectivity index (χ2v) is 7.88. The number of amides is 1. The number of carbonyl (C=O) groups is 2. The summed E-state index contributed by atoms with van der Waals surface area (Å²) in [5, 5.41) is 13.5. The number of ether oxygens (including phenoxy) is 1. The summed E-state index contributed by atoms with van der Waals surface area (Å²) in [6.07, 6.45) is 0.875. The highest BCUT2D eigenvalue weighted by atomic mass is 16.6. The average molecular weight is 374 g/mol. The van der Waals surface area contributed by atoms with Gasteiger partial charge in [0.25, 0.3) is 0 Å². The van der Waals surface area contributed by atoms with Gasteiger partial charge in [0.1, 0.15) is 16.9 Å². The summed E-state index contributed by atoms with van der Waals surface area (Å²) in [5.41, 5.74) is 0.140. The van der Waals surface area contributed by atoms with Crippen LogP contribution in [0.2, 0.25) is 0 Å². The Morgan fingerprint density at radius 3 is 2.52 bits per heavy atom. The van der Waals surface area contributed by atoms with Crippen molar-refractivity contribution >= 4 is 23.0 Å². The minimum Gasteiger partial charge on any atom is -0.480 e. The number of aliphatic carboxylic acids is 1. The van der Waals surface area contributed by atoms with Gasteiger partial charge in [-0.3, -0.25) is 9.69 Å². The third kappa shape index (κ3) is 4.80. The number of hydrogen-bond donors (Lipinski definition) is 2. The monoisotopic (exact) mass is 374 g/mol. The highest BCUT2D eigenvalue weighted by Crippen LogP contribution is 2.30. The molecule has 0 aliphatic carbocycles. The normalized spacial score (nSPS) is 17.6. The van der Waals surface area contributed by atoms with Gasteiger partial charge in [0, 0.05) is 24.5 Å². The van der Waals surface area contributed by atoms with Crippen LogP contribution in [-0.4, -0.2) is 46.8 Å². The first kappa shape index (κ1) is 19.2. The number of piperidine rings is 1. The number of nitrogens with one attached hydrogen (secondary N) is 1. The predicted octanol–water partition coefficient (Wildman–Crippen LogP) is 3.55. The van der Waals surface area contributed by atoms with E-state index < -0.39 is 23.7 Å². The molecular weight excluding hydrogens is 348 g/mol. The number of furan rings is 1. The number of carbonyl (C=O) groups excluding carboxylic acids is 1. The molecule has 2 aromatic rings. The zero-order valence-corrected chi connectivity index (χ0v) is 15.9. The van der Waals surface area contributed by atoms with Crippen molar-refractivity contribution < 1.29 is 23.8 Å². The van der Waals surface area contributed by atoms with Gasteiger partial charge in [0.15, 0.2) is 6.04 Å². The van der Waals surface area contributed by atoms with Crippen LogP contribution >= 0.6 is 0 Å². The highest BCUT2D eigenvalue weighted by molar-refractivity contribution is 5.81. The number of carboxylic acids is 1. The van der Waals surface area contributed by atoms with E-state index in [1.807, 2.05) is 49.9 Å². The summed E-state index contributed by atoms with van der Waals surface area (Å²) in [7, 11) is 0. The van der Waals surface area contributed by atoms with Crippen molar-refractivity contribution in [3.05, 3.63) is 36.1 Å². The molecule has 146 valence electrons. The fourth-order valence-corrected chi connectivity index (χ4v) is 3.37. The molecule has 1 fully saturated rings. The van der Waals surface area contributed by atoms with E-state index in [1.54, 1.807) is 6.07 Å². The van der Waals surface area contributed by atoms with Crippen LogP contribution in [0.15, 0.2) is 34.7 Å². The van der Waals surface area contributed by atoms with Crippen molar-refractivity contribution in [1.82, 2.24) is 10.2 Å². The maximum absolute atomic E-state index is 11.9. The van der Waals surface area contributed by atoms with Crippen molar-refractivity contribution in [2.45, 2.75) is 51.3 Å². The second-order valence-electron chi connectivity index (χ2n) is 7.88. The number of nitrogens with zero attached hydrogens (tertiary/aromatic N) is 1. The standard InChI is InChI=1S/C20H26N2O5/c1-20(2,3)27-19(25)21-14-8-10-22(11-9-14)17(18(23)24)16-12-13-6-4-5-7-15(13)26-16/h4-7,12,14,17H,8-11H2,1-3H3,(H,21,25)(H,23,24). The van der Waals surface area contributed by atoms with E-state index in [4.69, 9.17) is 9.15 Å². The summed E-state index contributed by atoms with van der Waals surface area (Å²) in [5.74, 6) is -0.505. The van der Waals surface area contributed by atoms with Crippen molar-refractivity contribution in [2.75, 3.05) is 13.1 Å². The van der Waals surface area contributed by atoms with Crippen LogP contribution in [0.1, 0.15) is 45.4 Å². The lowest BCUT2D eigenvalue weighted by Crippen LogP contribution is -2.48. The summed E-state index contributed by atoms with van der Waals surface area (Å²) in [6.45, 7) is 6.56. The van der Waals surface area contributed by atoms with Gasteiger partial charge in [0.05, 0.1) is 0 Å². The van der Waals surface area contributed by atoms with Crippen LogP contribution in [0.25, 0.3) is 11.0 Å². The number of hydrogen-bond acceptors (Lipinski definition) is 5. The Labute approximate surface area is 158 Å². The summed E-state index contributed by atoms with van der Waals surface area (Å²) >= 11 is 0. The molecule has 1 unspecified atom stereocenters. The van der Waals surface area contributed by atoms with E-state index >= 15 is 0 Å². The molecule has 27 heavy (non-hydrogen) atoms. The smallest absolute Gasteiger partial charge is 0.407 e. The van der Waals surface area contributed by atoms with E-state index in [1.165, 1.54) is 0 Å². The van der Waals surface area contributed by atoms with E-state index in [9.17, 15) is 14.7 Å². The Kier molecular flexibility index (Phi) is 5.41. The van der Waals surface area contributed by atoms with Gasteiger partial charge in [0.2, 0.25) is 0 Å². The van der Waals surface area contributed by atoms with Crippen LogP contribution in [0.3, 0.4) is 0 Å². The predicted molar refractivity (Wildman–Crippen MR) is 101 cm³/mol. The first-order valence-electron chi connectivity index (χ1n) is 9.18. The van der Waals surface area contributed by atoms with E-state index in [-0.39, 0.29) is 6.04 Å². The second kappa shape index (κ2) is 7.60. The van der Waals surface area contributed by atoms with Crippen LogP contribution in [0.5, 0.6) is 0 Å². The van der Waals surface area contributed by atoms with E-state index in [0.717, 1.165) is 5.39 Å². The third-order valence-corrected chi connectivity index (χ3v) is 4.56. The fourth-order valence-electron chi connectivity index (χ4n) is 3.37. The zero-order valence-electron chi connectivity index (χ0n) is 15.9. The molecule has 0 spiro atoms. The van der Waals surface area contributed by atoms with Crippen molar-refractivity contribution in [1.29, 1.82) is 0 Å². The molecule has 1 atom stereocenters. The average Bonchev–Trinajstić information content (AvgIpc) is 2.97. The molecule has 2 heterocycles. The van der Waals surface area contributed by atoms with Crippen molar-refractivity contribution in [3.8, 4) is 0 Å². The van der Waals surface area contributed by atoms with Gasteiger partial charge in [-0.05, 0) is 45.7 Å². The Morgan fingerprint density at radius 1 is 1.26 bits per heavy atom. The Hall–Kier alpha value is -2.54. The van der Waals surface area contributed by atoms with E-state index in [2.05, 4.69) is 5.32 Å². The Morgan fingerprint density at radius 2 is 1.93 bits per heavy atom. The molecule has 0 saturated carbocycles. The molecule has 3 rings (SSSR count). The number of para-hydroxylation sites is 1. The van der Waals surface area contributed by atoms with Crippen molar-refractivity contribution in [2.24, 2.45) is 0 Å². The molecule has 7 heteroatoms. The molecule has 1 aliphatic rings. The van der Waals surface area contributed by atoms with Crippen LogP contribution in [-0.2, 0) is 9.53 Å². The first-order chi connectivity index (χ1) is 12.7. The number of carboxylic acid groups (broad SMARTS) is 1. The molecule has 0 radical (unpaired) electrons. The molecule has 1 saturated heterocycles. The summed E-state index contributed by atoms with van der Waals surface area (Å²) in [6, 6.07) is 8.41.